The highest BCUT2D eigenvalue weighted by Crippen LogP contribution is 2.27. The van der Waals surface area contributed by atoms with Gasteiger partial charge in [0.15, 0.2) is 5.16 Å². The fourth-order valence-corrected chi connectivity index (χ4v) is 3.10. The smallest absolute Gasteiger partial charge is 0.310 e. The summed E-state index contributed by atoms with van der Waals surface area (Å²) in [5, 5.41) is 10.3. The number of H-pyrrole nitrogens is 1. The molecule has 0 radical (unpaired) electrons. The first-order valence-electron chi connectivity index (χ1n) is 7.01. The Morgan fingerprint density at radius 3 is 3.00 bits per heavy atom. The Bertz CT molecular complexity index is 693. The van der Waals surface area contributed by atoms with Gasteiger partial charge in [0.25, 0.3) is 0 Å². The van der Waals surface area contributed by atoms with Crippen LogP contribution < -0.4 is 11.0 Å². The number of benzene rings is 1. The van der Waals surface area contributed by atoms with Gasteiger partial charge in [-0.2, -0.15) is 0 Å². The Balaban J connectivity index is 1.78. The highest BCUT2D eigenvalue weighted by Gasteiger charge is 2.20. The lowest BCUT2D eigenvalue weighted by molar-refractivity contribution is 0.615. The molecule has 112 valence electrons. The number of aromatic amines is 1. The van der Waals surface area contributed by atoms with Gasteiger partial charge in [0.1, 0.15) is 5.82 Å². The van der Waals surface area contributed by atoms with Crippen LogP contribution in [0, 0.1) is 5.82 Å². The molecule has 1 aliphatic rings. The molecule has 3 rings (SSSR count). The fourth-order valence-electron chi connectivity index (χ4n) is 2.10. The van der Waals surface area contributed by atoms with Crippen molar-refractivity contribution in [1.29, 1.82) is 0 Å². The predicted molar refractivity (Wildman–Crippen MR) is 78.9 cm³/mol. The van der Waals surface area contributed by atoms with Crippen molar-refractivity contribution in [2.24, 2.45) is 0 Å². The van der Waals surface area contributed by atoms with Gasteiger partial charge in [0.2, 0.25) is 0 Å². The van der Waals surface area contributed by atoms with Gasteiger partial charge in [0.05, 0.1) is 0 Å². The van der Waals surface area contributed by atoms with Gasteiger partial charge >= 0.3 is 5.69 Å². The Morgan fingerprint density at radius 2 is 2.29 bits per heavy atom. The van der Waals surface area contributed by atoms with Gasteiger partial charge in [0, 0.05) is 24.0 Å². The van der Waals surface area contributed by atoms with Gasteiger partial charge in [-0.25, -0.2) is 14.3 Å². The molecule has 0 spiro atoms. The molecule has 1 heterocycles. The number of halogens is 1. The lowest BCUT2D eigenvalue weighted by Crippen LogP contribution is -2.16. The summed E-state index contributed by atoms with van der Waals surface area (Å²) in [7, 11) is 0. The highest BCUT2D eigenvalue weighted by atomic mass is 32.2. The van der Waals surface area contributed by atoms with Gasteiger partial charge in [-0.1, -0.05) is 0 Å². The molecule has 0 amide bonds. The molecule has 7 heteroatoms. The van der Waals surface area contributed by atoms with Crippen molar-refractivity contribution < 1.29 is 4.39 Å². The van der Waals surface area contributed by atoms with Gasteiger partial charge in [-0.05, 0) is 55.3 Å². The average Bonchev–Trinajstić information content (AvgIpc) is 3.21. The van der Waals surface area contributed by atoms with E-state index in [1.165, 1.54) is 41.3 Å². The summed E-state index contributed by atoms with van der Waals surface area (Å²) in [6.45, 7) is 3.07. The second-order valence-corrected chi connectivity index (χ2v) is 6.15. The first kappa shape index (κ1) is 14.3. The van der Waals surface area contributed by atoms with Crippen LogP contribution in [0.3, 0.4) is 0 Å². The van der Waals surface area contributed by atoms with Crippen molar-refractivity contribution >= 4 is 11.8 Å². The van der Waals surface area contributed by atoms with Crippen LogP contribution in [0.15, 0.2) is 33.0 Å². The molecule has 1 aliphatic carbocycles. The van der Waals surface area contributed by atoms with Crippen molar-refractivity contribution in [1.82, 2.24) is 20.1 Å². The monoisotopic (exact) mass is 308 g/mol. The minimum absolute atomic E-state index is 0.243. The minimum atomic E-state index is -0.270. The molecule has 2 N–H and O–H groups in total. The molecule has 0 saturated heterocycles. The van der Waals surface area contributed by atoms with E-state index >= 15 is 0 Å². The van der Waals surface area contributed by atoms with E-state index in [0.717, 1.165) is 10.5 Å². The van der Waals surface area contributed by atoms with Crippen molar-refractivity contribution in [3.05, 3.63) is 40.1 Å². The molecule has 0 atom stereocenters. The van der Waals surface area contributed by atoms with Crippen LogP contribution >= 0.6 is 11.8 Å². The maximum absolute atomic E-state index is 13.7. The molecule has 1 aromatic carbocycles. The zero-order valence-electron chi connectivity index (χ0n) is 11.7. The second kappa shape index (κ2) is 6.03. The fraction of sp³-hybridized carbons (Fsp3) is 0.429. The summed E-state index contributed by atoms with van der Waals surface area (Å²) in [4.78, 5) is 12.3. The number of hydrogen-bond donors (Lipinski definition) is 2. The number of rotatable bonds is 6. The molecule has 1 fully saturated rings. The van der Waals surface area contributed by atoms with Crippen LogP contribution in [0.1, 0.15) is 25.3 Å². The summed E-state index contributed by atoms with van der Waals surface area (Å²) >= 11 is 1.29. The van der Waals surface area contributed by atoms with Crippen molar-refractivity contribution in [2.45, 2.75) is 48.9 Å². The van der Waals surface area contributed by atoms with Gasteiger partial charge in [-0.15, -0.1) is 5.10 Å². The third kappa shape index (κ3) is 3.54. The van der Waals surface area contributed by atoms with E-state index in [-0.39, 0.29) is 11.5 Å². The third-order valence-electron chi connectivity index (χ3n) is 3.35. The maximum Gasteiger partial charge on any atom is 0.343 e. The summed E-state index contributed by atoms with van der Waals surface area (Å²) in [6, 6.07) is 5.52. The van der Waals surface area contributed by atoms with E-state index in [1.807, 2.05) is 13.0 Å². The van der Waals surface area contributed by atoms with Crippen molar-refractivity contribution in [3.8, 4) is 0 Å². The van der Waals surface area contributed by atoms with Crippen LogP contribution in [0.25, 0.3) is 0 Å². The second-order valence-electron chi connectivity index (χ2n) is 5.11. The van der Waals surface area contributed by atoms with Crippen molar-refractivity contribution in [3.63, 3.8) is 0 Å². The Morgan fingerprint density at radius 1 is 1.48 bits per heavy atom. The number of nitrogens with one attached hydrogen (secondary N) is 2. The zero-order chi connectivity index (χ0) is 14.8. The van der Waals surface area contributed by atoms with E-state index in [4.69, 9.17) is 0 Å². The zero-order valence-corrected chi connectivity index (χ0v) is 12.5. The molecule has 21 heavy (non-hydrogen) atoms. The molecule has 0 aliphatic heterocycles. The van der Waals surface area contributed by atoms with Gasteiger partial charge < -0.3 is 5.32 Å². The molecule has 2 aromatic rings. The first-order chi connectivity index (χ1) is 10.2. The largest absolute Gasteiger partial charge is 0.343 e. The van der Waals surface area contributed by atoms with Gasteiger partial charge in [-0.3, -0.25) is 4.57 Å². The molecular weight excluding hydrogens is 291 g/mol. The number of nitrogens with zero attached hydrogens (tertiary/aromatic N) is 2. The third-order valence-corrected chi connectivity index (χ3v) is 4.32. The van der Waals surface area contributed by atoms with E-state index in [2.05, 4.69) is 15.5 Å². The lowest BCUT2D eigenvalue weighted by Gasteiger charge is -2.07. The molecule has 0 unspecified atom stereocenters. The molecule has 1 aromatic heterocycles. The van der Waals surface area contributed by atoms with Crippen LogP contribution in [-0.4, -0.2) is 20.8 Å². The minimum Gasteiger partial charge on any atom is -0.310 e. The summed E-state index contributed by atoms with van der Waals surface area (Å²) in [6.07, 6.45) is 2.40. The molecule has 5 nitrogen and oxygen atoms in total. The normalized spacial score (nSPS) is 14.6. The Labute approximate surface area is 125 Å². The Hall–Kier alpha value is -1.60. The van der Waals surface area contributed by atoms with Crippen LogP contribution in [-0.2, 0) is 13.1 Å². The highest BCUT2D eigenvalue weighted by molar-refractivity contribution is 7.99. The molecule has 1 saturated carbocycles. The summed E-state index contributed by atoms with van der Waals surface area (Å²) in [5.41, 5.74) is 0.664. The molecular formula is C14H17FN4OS. The molecule has 0 bridgehead atoms. The lowest BCUT2D eigenvalue weighted by atomic mass is 10.2. The first-order valence-corrected chi connectivity index (χ1v) is 7.83. The summed E-state index contributed by atoms with van der Waals surface area (Å²) in [5.74, 6) is -0.270. The van der Waals surface area contributed by atoms with E-state index in [0.29, 0.717) is 24.3 Å². The number of hydrogen-bond acceptors (Lipinski definition) is 4. The van der Waals surface area contributed by atoms with E-state index < -0.39 is 0 Å². The topological polar surface area (TPSA) is 62.7 Å². The average molecular weight is 308 g/mol. The van der Waals surface area contributed by atoms with E-state index in [9.17, 15) is 9.18 Å². The quantitative estimate of drug-likeness (QED) is 0.858. The van der Waals surface area contributed by atoms with Crippen molar-refractivity contribution in [2.75, 3.05) is 0 Å². The maximum atomic E-state index is 13.7. The predicted octanol–water partition coefficient (Wildman–Crippen LogP) is 2.13. The number of aromatic nitrogens is 3. The summed E-state index contributed by atoms with van der Waals surface area (Å²) < 4.78 is 15.2. The van der Waals surface area contributed by atoms with Crippen LogP contribution in [0.4, 0.5) is 4.39 Å². The van der Waals surface area contributed by atoms with Crippen LogP contribution in [0.5, 0.6) is 0 Å². The SMILES string of the molecule is CCn1c(Sc2cc(F)cc(CNC3CC3)c2)n[nH]c1=O. The standard InChI is InChI=1S/C14H17FN4OS/c1-2-19-13(20)17-18-14(19)21-12-6-9(5-10(15)7-12)8-16-11-3-4-11/h5-7,11,16H,2-4,8H2,1H3,(H,17,20). The Kier molecular flexibility index (Phi) is 4.12. The van der Waals surface area contributed by atoms with Crippen LogP contribution in [0.2, 0.25) is 0 Å². The van der Waals surface area contributed by atoms with E-state index in [1.54, 1.807) is 0 Å².